The number of hydrogen-bond donors (Lipinski definition) is 13. The van der Waals surface area contributed by atoms with Crippen LogP contribution in [0.15, 0.2) is 73.3 Å². The number of nitrogens with zero attached hydrogens (tertiary/aromatic N) is 2. The van der Waals surface area contributed by atoms with Gasteiger partial charge >= 0.3 is 6.03 Å². The SMILES string of the molecule is CC[C@H](C)[C@@H]1NC(=O)N(CC(=O)N[C@H]2CSSC[C@@H](C(C)=O)NC(=O)[C@H](Cc3c[nH]c4ccccc34)NC(=O)[C@H](CCCNC(=N)N)NC(=O)[C@@H](Cc3ccccc3)NC(=O)[C@H](Cc3cnc[nH]3)NC(=O)[C@@H](C)NC2=O)C1=O. The molecule has 27 heteroatoms. The molecule has 2 aromatic carbocycles. The highest BCUT2D eigenvalue weighted by Crippen LogP contribution is 2.25. The van der Waals surface area contributed by atoms with Gasteiger partial charge < -0.3 is 63.6 Å². The summed E-state index contributed by atoms with van der Waals surface area (Å²) in [6.07, 6.45) is 4.89. The number of benzene rings is 2. The molecule has 14 N–H and O–H groups in total. The zero-order chi connectivity index (χ0) is 56.5. The number of carbonyl (C=O) groups excluding carboxylic acids is 10. The maximum atomic E-state index is 14.7. The fraction of sp³-hybridized carbons (Fsp3) is 0.451. The number of guanidine groups is 1. The molecule has 25 nitrogen and oxygen atoms in total. The summed E-state index contributed by atoms with van der Waals surface area (Å²) in [7, 11) is 2.10. The van der Waals surface area contributed by atoms with E-state index < -0.39 is 114 Å². The standard InChI is InChI=1S/C51H67N15O10S2/c1-5-27(2)42-49(75)66(51(76)65-42)23-41(68)59-40-25-78-77-24-39(29(4)67)64-46(72)37(19-31-21-56-34-15-10-9-14-33(31)34)63-44(70)35(16-11-17-55-50(52)53)60-45(71)36(18-30-12-7-6-8-13-30)62-47(73)38(20-32-22-54-26-57-32)61-43(69)28(3)58-48(40)74/h6-10,12-15,21-22,26-28,35-40,42,56H,5,11,16-20,23-25H2,1-4H3,(H,54,57)(H,58,74)(H,59,68)(H,60,71)(H,61,69)(H,62,73)(H,63,70)(H,64,72)(H,65,76)(H4,52,53,55)/t27-,28+,35-,36+,37-,38-,39-,40-,42-/m0/s1. The van der Waals surface area contributed by atoms with E-state index in [4.69, 9.17) is 11.1 Å². The molecule has 10 amide bonds. The van der Waals surface area contributed by atoms with E-state index in [1.165, 1.54) is 26.4 Å². The van der Waals surface area contributed by atoms with E-state index in [9.17, 15) is 47.9 Å². The number of nitrogens with one attached hydrogen (secondary N) is 12. The van der Waals surface area contributed by atoms with Gasteiger partial charge in [0.1, 0.15) is 48.8 Å². The Labute approximate surface area is 457 Å². The fourth-order valence-corrected chi connectivity index (χ4v) is 11.0. The Balaban J connectivity index is 1.35. The molecule has 2 aliphatic rings. The summed E-state index contributed by atoms with van der Waals surface area (Å²) in [5.41, 5.74) is 7.97. The van der Waals surface area contributed by atoms with Crippen LogP contribution < -0.4 is 53.6 Å². The van der Waals surface area contributed by atoms with Crippen LogP contribution in [0.4, 0.5) is 4.79 Å². The first-order valence-electron chi connectivity index (χ1n) is 25.4. The molecule has 6 rings (SSSR count). The number of urea groups is 1. The molecule has 78 heavy (non-hydrogen) atoms. The normalized spacial score (nSPS) is 23.9. The van der Waals surface area contributed by atoms with E-state index in [1.807, 2.05) is 31.2 Å². The van der Waals surface area contributed by atoms with Gasteiger partial charge in [0, 0.05) is 66.3 Å². The lowest BCUT2D eigenvalue weighted by atomic mass is 9.99. The van der Waals surface area contributed by atoms with Crippen molar-refractivity contribution in [2.24, 2.45) is 11.7 Å². The number of rotatable bonds is 16. The number of para-hydroxylation sites is 1. The van der Waals surface area contributed by atoms with Gasteiger partial charge in [0.15, 0.2) is 11.7 Å². The van der Waals surface area contributed by atoms with Crippen LogP contribution in [-0.2, 0) is 62.4 Å². The first kappa shape index (κ1) is 59.3. The first-order valence-corrected chi connectivity index (χ1v) is 27.9. The average molecular weight is 1110 g/mol. The molecule has 0 bridgehead atoms. The topological polar surface area (TPSA) is 377 Å². The minimum Gasteiger partial charge on any atom is -0.370 e. The zero-order valence-electron chi connectivity index (χ0n) is 43.6. The second-order valence-corrected chi connectivity index (χ2v) is 21.6. The van der Waals surface area contributed by atoms with Crippen LogP contribution in [-0.4, -0.2) is 158 Å². The minimum atomic E-state index is -1.41. The molecule has 0 radical (unpaired) electrons. The third-order valence-electron chi connectivity index (χ3n) is 13.2. The minimum absolute atomic E-state index is 0.0385. The van der Waals surface area contributed by atoms with Crippen LogP contribution in [0.5, 0.6) is 0 Å². The first-order chi connectivity index (χ1) is 37.3. The molecule has 0 saturated carbocycles. The molecule has 2 fully saturated rings. The predicted molar refractivity (Wildman–Crippen MR) is 292 cm³/mol. The van der Waals surface area contributed by atoms with Gasteiger partial charge in [-0.3, -0.25) is 53.5 Å². The number of ketones is 1. The van der Waals surface area contributed by atoms with Crippen molar-refractivity contribution in [2.45, 2.75) is 115 Å². The quantitative estimate of drug-likeness (QED) is 0.0222. The van der Waals surface area contributed by atoms with E-state index in [1.54, 1.807) is 43.5 Å². The van der Waals surface area contributed by atoms with Crippen LogP contribution in [0.1, 0.15) is 63.8 Å². The van der Waals surface area contributed by atoms with Crippen LogP contribution in [0.2, 0.25) is 0 Å². The number of H-pyrrole nitrogens is 2. The largest absolute Gasteiger partial charge is 0.370 e. The molecule has 2 saturated heterocycles. The molecule has 0 aliphatic carbocycles. The Morgan fingerprint density at radius 2 is 1.40 bits per heavy atom. The summed E-state index contributed by atoms with van der Waals surface area (Å²) < 4.78 is 0. The Morgan fingerprint density at radius 3 is 2.08 bits per heavy atom. The molecule has 4 heterocycles. The number of nitrogens with two attached hydrogens (primary N) is 1. The molecule has 0 unspecified atom stereocenters. The third kappa shape index (κ3) is 16.8. The fourth-order valence-electron chi connectivity index (χ4n) is 8.55. The number of aromatic nitrogens is 3. The lowest BCUT2D eigenvalue weighted by molar-refractivity contribution is -0.135. The van der Waals surface area contributed by atoms with Crippen molar-refractivity contribution in [1.29, 1.82) is 5.41 Å². The van der Waals surface area contributed by atoms with Crippen molar-refractivity contribution in [3.05, 3.63) is 90.1 Å². The Morgan fingerprint density at radius 1 is 0.769 bits per heavy atom. The van der Waals surface area contributed by atoms with Crippen molar-refractivity contribution in [3.8, 4) is 0 Å². The van der Waals surface area contributed by atoms with Crippen LogP contribution in [0, 0.1) is 11.3 Å². The molecular weight excluding hydrogens is 1050 g/mol. The lowest BCUT2D eigenvalue weighted by Crippen LogP contribution is -2.60. The van der Waals surface area contributed by atoms with Crippen molar-refractivity contribution in [2.75, 3.05) is 24.6 Å². The van der Waals surface area contributed by atoms with E-state index in [0.717, 1.165) is 37.4 Å². The van der Waals surface area contributed by atoms with Gasteiger partial charge in [-0.05, 0) is 49.8 Å². The van der Waals surface area contributed by atoms with E-state index in [2.05, 4.69) is 62.8 Å². The molecule has 4 aromatic rings. The molecule has 2 aromatic heterocycles. The molecular formula is C51H67N15O10S2. The Hall–Kier alpha value is -7.94. The summed E-state index contributed by atoms with van der Waals surface area (Å²) in [4.78, 5) is 150. The second kappa shape index (κ2) is 28.4. The van der Waals surface area contributed by atoms with E-state index in [0.29, 0.717) is 23.2 Å². The van der Waals surface area contributed by atoms with Gasteiger partial charge in [0.2, 0.25) is 41.4 Å². The zero-order valence-corrected chi connectivity index (χ0v) is 45.2. The number of amides is 10. The average Bonchev–Trinajstić information content (AvgIpc) is 4.17. The number of Topliss-reactive ketones (excluding diaryl/α,β-unsaturated/α-hetero) is 1. The molecule has 9 atom stereocenters. The number of imidazole rings is 1. The predicted octanol–water partition coefficient (Wildman–Crippen LogP) is -0.454. The number of fused-ring (bicyclic) bond motifs is 1. The van der Waals surface area contributed by atoms with Crippen molar-refractivity contribution >= 4 is 97.5 Å². The van der Waals surface area contributed by atoms with E-state index in [-0.39, 0.29) is 62.0 Å². The van der Waals surface area contributed by atoms with Gasteiger partial charge in [-0.2, -0.15) is 0 Å². The monoisotopic (exact) mass is 1110 g/mol. The van der Waals surface area contributed by atoms with Gasteiger partial charge in [-0.15, -0.1) is 0 Å². The smallest absolute Gasteiger partial charge is 0.325 e. The summed E-state index contributed by atoms with van der Waals surface area (Å²) in [5.74, 6) is -7.61. The maximum absolute atomic E-state index is 14.7. The van der Waals surface area contributed by atoms with Crippen molar-refractivity contribution in [1.82, 2.24) is 67.7 Å². The highest BCUT2D eigenvalue weighted by Gasteiger charge is 2.42. The van der Waals surface area contributed by atoms with Gasteiger partial charge in [-0.25, -0.2) is 9.78 Å². The third-order valence-corrected chi connectivity index (χ3v) is 15.6. The second-order valence-electron chi connectivity index (χ2n) is 19.1. The number of imide groups is 1. The molecule has 0 spiro atoms. The number of carbonyl (C=O) groups is 10. The Kier molecular flexibility index (Phi) is 21.6. The highest BCUT2D eigenvalue weighted by atomic mass is 33.1. The number of hydrogen-bond acceptors (Lipinski definition) is 14. The van der Waals surface area contributed by atoms with Crippen molar-refractivity contribution < 1.29 is 47.9 Å². The van der Waals surface area contributed by atoms with Gasteiger partial charge in [-0.1, -0.05) is 90.4 Å². The molecule has 2 aliphatic heterocycles. The summed E-state index contributed by atoms with van der Waals surface area (Å²) in [5, 5.41) is 32.6. The van der Waals surface area contributed by atoms with Gasteiger partial charge in [0.25, 0.3) is 5.91 Å². The maximum Gasteiger partial charge on any atom is 0.325 e. The summed E-state index contributed by atoms with van der Waals surface area (Å²) in [6, 6.07) is 5.02. The highest BCUT2D eigenvalue weighted by molar-refractivity contribution is 8.76. The van der Waals surface area contributed by atoms with Crippen LogP contribution >= 0.6 is 21.6 Å². The van der Waals surface area contributed by atoms with Crippen LogP contribution in [0.25, 0.3) is 10.9 Å². The van der Waals surface area contributed by atoms with Crippen LogP contribution in [0.3, 0.4) is 0 Å². The van der Waals surface area contributed by atoms with E-state index >= 15 is 0 Å². The Bertz CT molecular complexity index is 2820. The van der Waals surface area contributed by atoms with Gasteiger partial charge in [0.05, 0.1) is 12.4 Å². The molecule has 418 valence electrons. The van der Waals surface area contributed by atoms with Crippen molar-refractivity contribution in [3.63, 3.8) is 0 Å². The summed E-state index contributed by atoms with van der Waals surface area (Å²) >= 11 is 0. The number of aromatic amines is 2. The summed E-state index contributed by atoms with van der Waals surface area (Å²) in [6.45, 7) is 5.65. The lowest BCUT2D eigenvalue weighted by Gasteiger charge is -2.27.